The number of hydrogen-bond donors (Lipinski definition) is 0. The van der Waals surface area contributed by atoms with Gasteiger partial charge >= 0.3 is 5.97 Å². The fraction of sp³-hybridized carbons (Fsp3) is 0.278. The molecule has 2 nitrogen and oxygen atoms in total. The summed E-state index contributed by atoms with van der Waals surface area (Å²) in [6.45, 7) is 5.26. The van der Waals surface area contributed by atoms with Crippen LogP contribution in [-0.4, -0.2) is 18.0 Å². The van der Waals surface area contributed by atoms with Crippen molar-refractivity contribution in [3.05, 3.63) is 33.5 Å². The first kappa shape index (κ1) is 17.9. The van der Waals surface area contributed by atoms with E-state index < -0.39 is 5.38 Å². The minimum absolute atomic E-state index is 0.0582. The van der Waals surface area contributed by atoms with Crippen molar-refractivity contribution in [2.75, 3.05) is 6.61 Å². The van der Waals surface area contributed by atoms with E-state index in [0.717, 1.165) is 9.75 Å². The normalized spacial score (nSPS) is 11.0. The number of alkyl halides is 1. The summed E-state index contributed by atoms with van der Waals surface area (Å²) in [4.78, 5) is 13.2. The Morgan fingerprint density at radius 2 is 2.05 bits per heavy atom. The van der Waals surface area contributed by atoms with Gasteiger partial charge in [0, 0.05) is 5.57 Å². The number of thiophene rings is 1. The maximum absolute atomic E-state index is 11.5. The van der Waals surface area contributed by atoms with Gasteiger partial charge < -0.3 is 4.74 Å². The summed E-state index contributed by atoms with van der Waals surface area (Å²) < 4.78 is 5.04. The van der Waals surface area contributed by atoms with Crippen LogP contribution in [0.4, 0.5) is 0 Å². The maximum Gasteiger partial charge on any atom is 0.333 e. The lowest BCUT2D eigenvalue weighted by atomic mass is 10.3. The highest BCUT2D eigenvalue weighted by atomic mass is 35.5. The Kier molecular flexibility index (Phi) is 7.95. The molecule has 0 aromatic carbocycles. The smallest absolute Gasteiger partial charge is 0.333 e. The van der Waals surface area contributed by atoms with E-state index >= 15 is 0 Å². The Bertz CT molecular complexity index is 739. The van der Waals surface area contributed by atoms with Gasteiger partial charge in [-0.2, -0.15) is 0 Å². The largest absolute Gasteiger partial charge is 0.460 e. The lowest BCUT2D eigenvalue weighted by Crippen LogP contribution is -2.13. The molecular weight excluding hydrogens is 316 g/mol. The van der Waals surface area contributed by atoms with Crippen LogP contribution in [0.15, 0.2) is 23.8 Å². The second-order valence-electron chi connectivity index (χ2n) is 4.10. The molecule has 0 spiro atoms. The van der Waals surface area contributed by atoms with Gasteiger partial charge in [0.15, 0.2) is 0 Å². The van der Waals surface area contributed by atoms with Crippen molar-refractivity contribution in [3.8, 4) is 35.5 Å². The first-order valence-corrected chi connectivity index (χ1v) is 7.80. The van der Waals surface area contributed by atoms with Crippen molar-refractivity contribution in [2.24, 2.45) is 0 Å². The minimum atomic E-state index is -0.545. The van der Waals surface area contributed by atoms with E-state index in [-0.39, 0.29) is 12.6 Å². The Morgan fingerprint density at radius 3 is 2.68 bits per heavy atom. The molecule has 1 heterocycles. The summed E-state index contributed by atoms with van der Waals surface area (Å²) in [5, 5.41) is -0.545. The molecule has 0 amide bonds. The van der Waals surface area contributed by atoms with Crippen molar-refractivity contribution < 1.29 is 9.53 Å². The third-order valence-corrected chi connectivity index (χ3v) is 3.60. The van der Waals surface area contributed by atoms with E-state index in [4.69, 9.17) is 16.3 Å². The van der Waals surface area contributed by atoms with Crippen molar-refractivity contribution >= 4 is 28.9 Å². The second-order valence-corrected chi connectivity index (χ2v) is 5.71. The summed E-state index contributed by atoms with van der Waals surface area (Å²) in [5.41, 5.74) is 0.550. The van der Waals surface area contributed by atoms with Gasteiger partial charge in [-0.1, -0.05) is 23.8 Å². The zero-order valence-electron chi connectivity index (χ0n) is 12.6. The third-order valence-electron chi connectivity index (χ3n) is 2.45. The first-order valence-electron chi connectivity index (χ1n) is 6.55. The molecule has 0 bridgehead atoms. The molecule has 112 valence electrons. The molecule has 4 heteroatoms. The number of halogens is 1. The Labute approximate surface area is 140 Å². The van der Waals surface area contributed by atoms with Gasteiger partial charge in [0.1, 0.15) is 12.0 Å². The Morgan fingerprint density at radius 1 is 1.36 bits per heavy atom. The van der Waals surface area contributed by atoms with Gasteiger partial charge in [-0.3, -0.25) is 0 Å². The monoisotopic (exact) mass is 330 g/mol. The highest BCUT2D eigenvalue weighted by Crippen LogP contribution is 2.14. The molecule has 1 aromatic rings. The fourth-order valence-corrected chi connectivity index (χ4v) is 2.04. The molecule has 0 fully saturated rings. The van der Waals surface area contributed by atoms with Gasteiger partial charge in [0.05, 0.1) is 9.75 Å². The van der Waals surface area contributed by atoms with Crippen LogP contribution < -0.4 is 0 Å². The van der Waals surface area contributed by atoms with Crippen molar-refractivity contribution in [3.63, 3.8) is 0 Å². The molecule has 0 N–H and O–H groups in total. The van der Waals surface area contributed by atoms with E-state index in [1.807, 2.05) is 12.1 Å². The van der Waals surface area contributed by atoms with Crippen LogP contribution >= 0.6 is 22.9 Å². The predicted molar refractivity (Wildman–Crippen MR) is 91.6 cm³/mol. The number of hydrogen-bond acceptors (Lipinski definition) is 3. The quantitative estimate of drug-likeness (QED) is 0.366. The summed E-state index contributed by atoms with van der Waals surface area (Å²) in [6, 6.07) is 3.76. The number of carbonyl (C=O) groups is 1. The molecule has 0 aliphatic carbocycles. The highest BCUT2D eigenvalue weighted by Gasteiger charge is 2.07. The number of allylic oxidation sites excluding steroid dienone is 1. The number of carbonyl (C=O) groups excluding carboxylic acids is 1. The molecule has 0 radical (unpaired) electrons. The van der Waals surface area contributed by atoms with Gasteiger partial charge in [-0.25, -0.2) is 4.79 Å². The topological polar surface area (TPSA) is 26.3 Å². The van der Waals surface area contributed by atoms with Crippen molar-refractivity contribution in [1.82, 2.24) is 0 Å². The number of ether oxygens (including phenoxy) is 1. The lowest BCUT2D eigenvalue weighted by Gasteiger charge is -2.04. The van der Waals surface area contributed by atoms with Crippen LogP contribution in [0.3, 0.4) is 0 Å². The van der Waals surface area contributed by atoms with Gasteiger partial charge in [-0.15, -0.1) is 22.9 Å². The summed E-state index contributed by atoms with van der Waals surface area (Å²) >= 11 is 7.49. The SMILES string of the molecule is CC#CC#Cc1ccc(C#C[C@H](Cl)COC(=O)C(C)=CC)s1. The van der Waals surface area contributed by atoms with E-state index in [9.17, 15) is 4.79 Å². The third kappa shape index (κ3) is 6.55. The average Bonchev–Trinajstić information content (AvgIpc) is 2.97. The molecule has 0 aliphatic rings. The minimum Gasteiger partial charge on any atom is -0.460 e. The molecule has 1 aromatic heterocycles. The molecular formula is C18H15ClO2S. The molecule has 1 atom stereocenters. The second kappa shape index (κ2) is 9.75. The van der Waals surface area contributed by atoms with E-state index in [0.29, 0.717) is 5.57 Å². The van der Waals surface area contributed by atoms with Crippen LogP contribution in [0.5, 0.6) is 0 Å². The van der Waals surface area contributed by atoms with Crippen LogP contribution in [-0.2, 0) is 9.53 Å². The zero-order chi connectivity index (χ0) is 16.4. The molecule has 0 saturated carbocycles. The van der Waals surface area contributed by atoms with Crippen LogP contribution in [0.1, 0.15) is 30.5 Å². The Hall–Kier alpha value is -2.12. The fourth-order valence-electron chi connectivity index (χ4n) is 1.20. The van der Waals surface area contributed by atoms with Crippen molar-refractivity contribution in [2.45, 2.75) is 26.1 Å². The van der Waals surface area contributed by atoms with E-state index in [2.05, 4.69) is 35.5 Å². The highest BCUT2D eigenvalue weighted by molar-refractivity contribution is 7.13. The summed E-state index contributed by atoms with van der Waals surface area (Å²) in [7, 11) is 0. The van der Waals surface area contributed by atoms with Crippen LogP contribution in [0, 0.1) is 35.5 Å². The standard InChI is InChI=1S/C18H15ClO2S/c1-4-6-7-8-16-11-12-17(22-16)10-9-15(19)13-21-18(20)14(3)5-2/h5,11-12,15H,13H2,1-3H3/t15-/m0/s1. The predicted octanol–water partition coefficient (Wildman–Crippen LogP) is 3.59. The van der Waals surface area contributed by atoms with Crippen molar-refractivity contribution in [1.29, 1.82) is 0 Å². The van der Waals surface area contributed by atoms with Crippen LogP contribution in [0.25, 0.3) is 0 Å². The molecule has 22 heavy (non-hydrogen) atoms. The van der Waals surface area contributed by atoms with Gasteiger partial charge in [-0.05, 0) is 50.7 Å². The molecule has 0 unspecified atom stereocenters. The number of rotatable bonds is 3. The number of esters is 1. The maximum atomic E-state index is 11.5. The zero-order valence-corrected chi connectivity index (χ0v) is 14.2. The Balaban J connectivity index is 2.57. The van der Waals surface area contributed by atoms with Crippen LogP contribution in [0.2, 0.25) is 0 Å². The van der Waals surface area contributed by atoms with E-state index in [1.165, 1.54) is 11.3 Å². The molecule has 0 saturated heterocycles. The average molecular weight is 331 g/mol. The summed E-state index contributed by atoms with van der Waals surface area (Å²) in [6.07, 6.45) is 1.69. The van der Waals surface area contributed by atoms with Gasteiger partial charge in [0.2, 0.25) is 0 Å². The summed E-state index contributed by atoms with van der Waals surface area (Å²) in [5.74, 6) is 16.5. The van der Waals surface area contributed by atoms with Gasteiger partial charge in [0.25, 0.3) is 0 Å². The first-order chi connectivity index (χ1) is 10.6. The van der Waals surface area contributed by atoms with E-state index in [1.54, 1.807) is 26.8 Å². The lowest BCUT2D eigenvalue weighted by molar-refractivity contribution is -0.138. The molecule has 0 aliphatic heterocycles. The molecule has 1 rings (SSSR count).